The van der Waals surface area contributed by atoms with Crippen LogP contribution in [-0.4, -0.2) is 34.6 Å². The lowest BCUT2D eigenvalue weighted by atomic mass is 10.1. The lowest BCUT2D eigenvalue weighted by molar-refractivity contribution is -0.385. The molecule has 0 aliphatic carbocycles. The van der Waals surface area contributed by atoms with E-state index in [1.165, 1.54) is 19.2 Å². The number of carbonyl (C=O) groups is 1. The van der Waals surface area contributed by atoms with Gasteiger partial charge in [-0.1, -0.05) is 18.2 Å². The number of carboxylic acid groups (broad SMARTS) is 1. The summed E-state index contributed by atoms with van der Waals surface area (Å²) in [6.07, 6.45) is -0.0471. The average Bonchev–Trinajstić information content (AvgIpc) is 2.66. The van der Waals surface area contributed by atoms with Crippen molar-refractivity contribution in [2.45, 2.75) is 19.5 Å². The number of aliphatic carboxylic acids is 1. The molecule has 0 saturated heterocycles. The number of methoxy groups -OCH3 is 1. The summed E-state index contributed by atoms with van der Waals surface area (Å²) in [6.45, 7) is 1.09. The topological polar surface area (TPSA) is 117 Å². The molecule has 0 fully saturated rings. The minimum atomic E-state index is -0.916. The lowest BCUT2D eigenvalue weighted by Gasteiger charge is -2.22. The number of nitro groups is 1. The van der Waals surface area contributed by atoms with E-state index in [1.807, 2.05) is 23.1 Å². The van der Waals surface area contributed by atoms with E-state index in [2.05, 4.69) is 0 Å². The Balaban J connectivity index is 2.20. The molecule has 0 aliphatic rings. The third-order valence-corrected chi connectivity index (χ3v) is 3.98. The molecule has 0 radical (unpaired) electrons. The van der Waals surface area contributed by atoms with Crippen molar-refractivity contribution >= 4 is 11.7 Å². The van der Waals surface area contributed by atoms with Crippen molar-refractivity contribution in [2.24, 2.45) is 0 Å². The summed E-state index contributed by atoms with van der Waals surface area (Å²) >= 11 is 0. The Morgan fingerprint density at radius 3 is 2.41 bits per heavy atom. The minimum Gasteiger partial charge on any atom is -0.490 e. The Kier molecular flexibility index (Phi) is 6.86. The summed E-state index contributed by atoms with van der Waals surface area (Å²) in [5, 5.41) is 29.0. The highest BCUT2D eigenvalue weighted by atomic mass is 16.6. The standard InChI is InChI=1S/C19H19N3O5/c1-27-18-7-6-16(10-17(18)22(25)26)13-21(9-8-19(23)24)12-15-4-2-14(11-20)3-5-15/h2-7,10H,8-9,12-13H2,1H3,(H,23,24). The van der Waals surface area contributed by atoms with Crippen molar-refractivity contribution in [3.05, 3.63) is 69.3 Å². The number of nitrogens with zero attached hydrogens (tertiary/aromatic N) is 3. The minimum absolute atomic E-state index is 0.0471. The van der Waals surface area contributed by atoms with Crippen LogP contribution < -0.4 is 4.74 Å². The molecular weight excluding hydrogens is 350 g/mol. The number of nitriles is 1. The van der Waals surface area contributed by atoms with Crippen molar-refractivity contribution in [2.75, 3.05) is 13.7 Å². The molecule has 2 rings (SSSR count). The molecule has 0 heterocycles. The highest BCUT2D eigenvalue weighted by Crippen LogP contribution is 2.28. The largest absolute Gasteiger partial charge is 0.490 e. The van der Waals surface area contributed by atoms with Gasteiger partial charge in [-0.2, -0.15) is 5.26 Å². The van der Waals surface area contributed by atoms with Gasteiger partial charge in [-0.3, -0.25) is 19.8 Å². The molecule has 0 spiro atoms. The third kappa shape index (κ3) is 5.80. The van der Waals surface area contributed by atoms with Crippen molar-refractivity contribution in [3.8, 4) is 11.8 Å². The summed E-state index contributed by atoms with van der Waals surface area (Å²) in [7, 11) is 1.37. The second kappa shape index (κ2) is 9.31. The van der Waals surface area contributed by atoms with Crippen molar-refractivity contribution in [1.82, 2.24) is 4.90 Å². The van der Waals surface area contributed by atoms with Crippen LogP contribution in [0, 0.1) is 21.4 Å². The second-order valence-electron chi connectivity index (χ2n) is 5.93. The van der Waals surface area contributed by atoms with Gasteiger partial charge in [0, 0.05) is 25.7 Å². The van der Waals surface area contributed by atoms with Gasteiger partial charge in [-0.15, -0.1) is 0 Å². The molecule has 8 heteroatoms. The van der Waals surface area contributed by atoms with E-state index in [0.717, 1.165) is 5.56 Å². The van der Waals surface area contributed by atoms with Gasteiger partial charge in [-0.25, -0.2) is 0 Å². The van der Waals surface area contributed by atoms with Crippen LogP contribution in [0.25, 0.3) is 0 Å². The smallest absolute Gasteiger partial charge is 0.311 e. The summed E-state index contributed by atoms with van der Waals surface area (Å²) in [5.74, 6) is -0.742. The zero-order valence-corrected chi connectivity index (χ0v) is 14.8. The molecule has 0 bridgehead atoms. The first-order valence-corrected chi connectivity index (χ1v) is 8.17. The molecule has 2 aromatic rings. The molecule has 0 atom stereocenters. The van der Waals surface area contributed by atoms with Gasteiger partial charge in [-0.05, 0) is 29.3 Å². The van der Waals surface area contributed by atoms with Gasteiger partial charge in [0.05, 0.1) is 30.1 Å². The molecule has 0 aliphatic heterocycles. The van der Waals surface area contributed by atoms with Crippen LogP contribution in [0.15, 0.2) is 42.5 Å². The van der Waals surface area contributed by atoms with Gasteiger partial charge in [0.15, 0.2) is 5.75 Å². The molecule has 1 N–H and O–H groups in total. The maximum absolute atomic E-state index is 11.2. The van der Waals surface area contributed by atoms with Crippen LogP contribution in [0.2, 0.25) is 0 Å². The Hall–Kier alpha value is -3.44. The SMILES string of the molecule is COc1ccc(CN(CCC(=O)O)Cc2ccc(C#N)cc2)cc1[N+](=O)[O-]. The predicted octanol–water partition coefficient (Wildman–Crippen LogP) is 2.95. The van der Waals surface area contributed by atoms with E-state index in [-0.39, 0.29) is 24.4 Å². The van der Waals surface area contributed by atoms with Crippen LogP contribution in [-0.2, 0) is 17.9 Å². The highest BCUT2D eigenvalue weighted by Gasteiger charge is 2.17. The number of carboxylic acids is 1. The normalized spacial score (nSPS) is 10.4. The summed E-state index contributed by atoms with van der Waals surface area (Å²) in [6, 6.07) is 13.7. The van der Waals surface area contributed by atoms with E-state index < -0.39 is 10.9 Å². The summed E-state index contributed by atoms with van der Waals surface area (Å²) < 4.78 is 5.00. The van der Waals surface area contributed by atoms with E-state index in [1.54, 1.807) is 18.2 Å². The van der Waals surface area contributed by atoms with Crippen LogP contribution in [0.1, 0.15) is 23.1 Å². The fourth-order valence-corrected chi connectivity index (χ4v) is 2.65. The number of benzene rings is 2. The maximum atomic E-state index is 11.2. The Bertz CT molecular complexity index is 859. The van der Waals surface area contributed by atoms with Crippen molar-refractivity contribution in [3.63, 3.8) is 0 Å². The fourth-order valence-electron chi connectivity index (χ4n) is 2.65. The van der Waals surface area contributed by atoms with Crippen LogP contribution in [0.4, 0.5) is 5.69 Å². The molecule has 0 amide bonds. The van der Waals surface area contributed by atoms with Gasteiger partial charge in [0.2, 0.25) is 0 Å². The second-order valence-corrected chi connectivity index (χ2v) is 5.93. The number of nitro benzene ring substituents is 1. The number of hydrogen-bond acceptors (Lipinski definition) is 6. The average molecular weight is 369 g/mol. The van der Waals surface area contributed by atoms with Crippen LogP contribution >= 0.6 is 0 Å². The van der Waals surface area contributed by atoms with E-state index in [0.29, 0.717) is 24.2 Å². The molecule has 140 valence electrons. The summed E-state index contributed by atoms with van der Waals surface area (Å²) in [4.78, 5) is 23.5. The van der Waals surface area contributed by atoms with Gasteiger partial charge in [0.1, 0.15) is 0 Å². The molecule has 27 heavy (non-hydrogen) atoms. The Morgan fingerprint density at radius 2 is 1.85 bits per heavy atom. The lowest BCUT2D eigenvalue weighted by Crippen LogP contribution is -2.25. The maximum Gasteiger partial charge on any atom is 0.311 e. The third-order valence-electron chi connectivity index (χ3n) is 3.98. The monoisotopic (exact) mass is 369 g/mol. The molecular formula is C19H19N3O5. The number of rotatable bonds is 9. The Morgan fingerprint density at radius 1 is 1.22 bits per heavy atom. The van der Waals surface area contributed by atoms with Gasteiger partial charge >= 0.3 is 11.7 Å². The van der Waals surface area contributed by atoms with Crippen molar-refractivity contribution < 1.29 is 19.6 Å². The highest BCUT2D eigenvalue weighted by molar-refractivity contribution is 5.66. The predicted molar refractivity (Wildman–Crippen MR) is 97.2 cm³/mol. The number of hydrogen-bond donors (Lipinski definition) is 1. The quantitative estimate of drug-likeness (QED) is 0.533. The first-order chi connectivity index (χ1) is 12.9. The van der Waals surface area contributed by atoms with E-state index >= 15 is 0 Å². The molecule has 2 aromatic carbocycles. The molecule has 8 nitrogen and oxygen atoms in total. The molecule has 0 saturated carbocycles. The first kappa shape index (κ1) is 19.9. The van der Waals surface area contributed by atoms with Gasteiger partial charge in [0.25, 0.3) is 0 Å². The fraction of sp³-hybridized carbons (Fsp3) is 0.263. The first-order valence-electron chi connectivity index (χ1n) is 8.17. The number of ether oxygens (including phenoxy) is 1. The van der Waals surface area contributed by atoms with E-state index in [9.17, 15) is 14.9 Å². The van der Waals surface area contributed by atoms with Gasteiger partial charge < -0.3 is 9.84 Å². The Labute approximate surface area is 156 Å². The van der Waals surface area contributed by atoms with Crippen LogP contribution in [0.3, 0.4) is 0 Å². The molecule has 0 unspecified atom stereocenters. The van der Waals surface area contributed by atoms with Crippen molar-refractivity contribution in [1.29, 1.82) is 5.26 Å². The molecule has 0 aromatic heterocycles. The summed E-state index contributed by atoms with van der Waals surface area (Å²) in [5.41, 5.74) is 2.01. The van der Waals surface area contributed by atoms with E-state index in [4.69, 9.17) is 15.1 Å². The van der Waals surface area contributed by atoms with Crippen LogP contribution in [0.5, 0.6) is 5.75 Å². The zero-order valence-electron chi connectivity index (χ0n) is 14.8. The zero-order chi connectivity index (χ0) is 19.8.